The van der Waals surface area contributed by atoms with Crippen LogP contribution in [0.1, 0.15) is 41.3 Å². The summed E-state index contributed by atoms with van der Waals surface area (Å²) < 4.78 is 0. The number of carbonyl (C=O) groups excluding carboxylic acids is 1. The molecule has 1 N–H and O–H groups in total. The predicted octanol–water partition coefficient (Wildman–Crippen LogP) is 2.99. The lowest BCUT2D eigenvalue weighted by Crippen LogP contribution is -2.02. The summed E-state index contributed by atoms with van der Waals surface area (Å²) in [5.41, 5.74) is 2.43. The summed E-state index contributed by atoms with van der Waals surface area (Å²) in [5, 5.41) is 9.42. The number of hydrogen-bond donors (Lipinski definition) is 1. The van der Waals surface area contributed by atoms with Crippen LogP contribution in [0.5, 0.6) is 5.75 Å². The maximum Gasteiger partial charge on any atom is 0.163 e. The number of benzene rings is 1. The second-order valence-corrected chi connectivity index (χ2v) is 3.56. The van der Waals surface area contributed by atoms with Gasteiger partial charge < -0.3 is 5.11 Å². The van der Waals surface area contributed by atoms with Crippen molar-refractivity contribution in [3.05, 3.63) is 28.8 Å². The van der Waals surface area contributed by atoms with Crippen molar-refractivity contribution in [1.82, 2.24) is 0 Å². The lowest BCUT2D eigenvalue weighted by Gasteiger charge is -2.08. The lowest BCUT2D eigenvalue weighted by atomic mass is 9.97. The van der Waals surface area contributed by atoms with Gasteiger partial charge in [-0.05, 0) is 43.5 Å². The van der Waals surface area contributed by atoms with Crippen molar-refractivity contribution >= 4 is 5.78 Å². The zero-order valence-corrected chi connectivity index (χ0v) is 8.92. The van der Waals surface area contributed by atoms with E-state index in [1.807, 2.05) is 20.8 Å². The van der Waals surface area contributed by atoms with Crippen molar-refractivity contribution in [1.29, 1.82) is 0 Å². The molecule has 1 aromatic rings. The molecule has 0 unspecified atom stereocenters. The summed E-state index contributed by atoms with van der Waals surface area (Å²) >= 11 is 0. The Morgan fingerprint density at radius 2 is 1.93 bits per heavy atom. The van der Waals surface area contributed by atoms with E-state index in [2.05, 4.69) is 0 Å². The molecule has 0 saturated heterocycles. The van der Waals surface area contributed by atoms with E-state index in [0.717, 1.165) is 23.1 Å². The van der Waals surface area contributed by atoms with Crippen LogP contribution in [0.25, 0.3) is 0 Å². The number of Topliss-reactive ketones (excluding diaryl/α,β-unsaturated/α-hetero) is 1. The molecule has 0 heterocycles. The van der Waals surface area contributed by atoms with Gasteiger partial charge >= 0.3 is 0 Å². The Bertz CT molecular complexity index is 354. The maximum absolute atomic E-state index is 11.6. The van der Waals surface area contributed by atoms with Gasteiger partial charge in [-0.1, -0.05) is 6.92 Å². The Morgan fingerprint density at radius 3 is 2.50 bits per heavy atom. The summed E-state index contributed by atoms with van der Waals surface area (Å²) in [6, 6.07) is 3.29. The van der Waals surface area contributed by atoms with Crippen LogP contribution >= 0.6 is 0 Å². The Kier molecular flexibility index (Phi) is 3.28. The molecule has 0 amide bonds. The summed E-state index contributed by atoms with van der Waals surface area (Å²) in [6.45, 7) is 5.69. The van der Waals surface area contributed by atoms with Crippen molar-refractivity contribution in [3.8, 4) is 5.75 Å². The third-order valence-electron chi connectivity index (χ3n) is 2.54. The molecule has 14 heavy (non-hydrogen) atoms. The van der Waals surface area contributed by atoms with E-state index >= 15 is 0 Å². The van der Waals surface area contributed by atoms with Gasteiger partial charge in [0, 0.05) is 12.0 Å². The highest BCUT2D eigenvalue weighted by Crippen LogP contribution is 2.23. The van der Waals surface area contributed by atoms with Crippen molar-refractivity contribution in [2.75, 3.05) is 0 Å². The number of carbonyl (C=O) groups is 1. The lowest BCUT2D eigenvalue weighted by molar-refractivity contribution is 0.0981. The first kappa shape index (κ1) is 10.8. The standard InChI is InChI=1S/C12H16O2/c1-4-5-12(14)10-6-7-11(13)9(3)8(10)2/h6-7,13H,4-5H2,1-3H3. The average Bonchev–Trinajstić information content (AvgIpc) is 2.15. The topological polar surface area (TPSA) is 37.3 Å². The minimum atomic E-state index is 0.160. The predicted molar refractivity (Wildman–Crippen MR) is 56.8 cm³/mol. The molecular formula is C12H16O2. The fraction of sp³-hybridized carbons (Fsp3) is 0.417. The fourth-order valence-electron chi connectivity index (χ4n) is 1.47. The second-order valence-electron chi connectivity index (χ2n) is 3.56. The largest absolute Gasteiger partial charge is 0.508 e. The van der Waals surface area contributed by atoms with Crippen LogP contribution in [0, 0.1) is 13.8 Å². The third-order valence-corrected chi connectivity index (χ3v) is 2.54. The summed E-state index contributed by atoms with van der Waals surface area (Å²) in [4.78, 5) is 11.6. The Hall–Kier alpha value is -1.31. The monoisotopic (exact) mass is 192 g/mol. The first-order valence-electron chi connectivity index (χ1n) is 4.90. The van der Waals surface area contributed by atoms with Crippen molar-refractivity contribution < 1.29 is 9.90 Å². The molecule has 76 valence electrons. The maximum atomic E-state index is 11.6. The molecule has 0 aliphatic rings. The Labute approximate surface area is 84.6 Å². The molecule has 0 aliphatic heterocycles. The van der Waals surface area contributed by atoms with Crippen LogP contribution in [-0.2, 0) is 0 Å². The van der Waals surface area contributed by atoms with Crippen LogP contribution in [-0.4, -0.2) is 10.9 Å². The summed E-state index contributed by atoms with van der Waals surface area (Å²) in [6.07, 6.45) is 1.43. The van der Waals surface area contributed by atoms with E-state index in [1.54, 1.807) is 12.1 Å². The van der Waals surface area contributed by atoms with Gasteiger partial charge in [-0.15, -0.1) is 0 Å². The normalized spacial score (nSPS) is 10.2. The van der Waals surface area contributed by atoms with Crippen LogP contribution in [0.3, 0.4) is 0 Å². The zero-order valence-electron chi connectivity index (χ0n) is 8.92. The van der Waals surface area contributed by atoms with Gasteiger partial charge in [0.05, 0.1) is 0 Å². The highest BCUT2D eigenvalue weighted by molar-refractivity contribution is 5.97. The second kappa shape index (κ2) is 4.27. The highest BCUT2D eigenvalue weighted by Gasteiger charge is 2.11. The average molecular weight is 192 g/mol. The van der Waals surface area contributed by atoms with Crippen molar-refractivity contribution in [2.45, 2.75) is 33.6 Å². The van der Waals surface area contributed by atoms with E-state index in [1.165, 1.54) is 0 Å². The third kappa shape index (κ3) is 1.95. The molecule has 2 heteroatoms. The van der Waals surface area contributed by atoms with Crippen LogP contribution in [0.4, 0.5) is 0 Å². The molecule has 1 aromatic carbocycles. The molecule has 0 saturated carbocycles. The summed E-state index contributed by atoms with van der Waals surface area (Å²) in [7, 11) is 0. The highest BCUT2D eigenvalue weighted by atomic mass is 16.3. The minimum absolute atomic E-state index is 0.160. The molecule has 0 aliphatic carbocycles. The number of ketones is 1. The number of phenolic OH excluding ortho intramolecular Hbond substituents is 1. The quantitative estimate of drug-likeness (QED) is 0.747. The van der Waals surface area contributed by atoms with Gasteiger partial charge in [-0.3, -0.25) is 4.79 Å². The van der Waals surface area contributed by atoms with Crippen molar-refractivity contribution in [2.24, 2.45) is 0 Å². The van der Waals surface area contributed by atoms with Crippen LogP contribution < -0.4 is 0 Å². The smallest absolute Gasteiger partial charge is 0.163 e. The van der Waals surface area contributed by atoms with Crippen LogP contribution in [0.15, 0.2) is 12.1 Å². The molecule has 1 rings (SSSR count). The van der Waals surface area contributed by atoms with Gasteiger partial charge in [0.25, 0.3) is 0 Å². The molecule has 0 radical (unpaired) electrons. The Balaban J connectivity index is 3.11. The first-order chi connectivity index (χ1) is 6.57. The molecule has 0 fully saturated rings. The number of hydrogen-bond acceptors (Lipinski definition) is 2. The van der Waals surface area contributed by atoms with E-state index in [0.29, 0.717) is 6.42 Å². The Morgan fingerprint density at radius 1 is 1.29 bits per heavy atom. The number of rotatable bonds is 3. The van der Waals surface area contributed by atoms with Gasteiger partial charge in [0.2, 0.25) is 0 Å². The number of phenols is 1. The van der Waals surface area contributed by atoms with Gasteiger partial charge in [-0.2, -0.15) is 0 Å². The number of aromatic hydroxyl groups is 1. The van der Waals surface area contributed by atoms with E-state index in [-0.39, 0.29) is 11.5 Å². The van der Waals surface area contributed by atoms with Crippen molar-refractivity contribution in [3.63, 3.8) is 0 Å². The van der Waals surface area contributed by atoms with E-state index in [9.17, 15) is 9.90 Å². The van der Waals surface area contributed by atoms with E-state index < -0.39 is 0 Å². The molecule has 0 spiro atoms. The molecule has 2 nitrogen and oxygen atoms in total. The minimum Gasteiger partial charge on any atom is -0.508 e. The van der Waals surface area contributed by atoms with Gasteiger partial charge in [0.15, 0.2) is 5.78 Å². The van der Waals surface area contributed by atoms with E-state index in [4.69, 9.17) is 0 Å². The molecular weight excluding hydrogens is 176 g/mol. The van der Waals surface area contributed by atoms with Gasteiger partial charge in [-0.25, -0.2) is 0 Å². The van der Waals surface area contributed by atoms with Crippen LogP contribution in [0.2, 0.25) is 0 Å². The zero-order chi connectivity index (χ0) is 10.7. The SMILES string of the molecule is CCCC(=O)c1ccc(O)c(C)c1C. The molecule has 0 aromatic heterocycles. The molecule has 0 bridgehead atoms. The first-order valence-corrected chi connectivity index (χ1v) is 4.90. The summed E-state index contributed by atoms with van der Waals surface area (Å²) in [5.74, 6) is 0.420. The van der Waals surface area contributed by atoms with Gasteiger partial charge in [0.1, 0.15) is 5.75 Å². The fourth-order valence-corrected chi connectivity index (χ4v) is 1.47. The molecule has 0 atom stereocenters.